The fourth-order valence-corrected chi connectivity index (χ4v) is 2.55. The van der Waals surface area contributed by atoms with Gasteiger partial charge in [-0.2, -0.15) is 13.2 Å². The van der Waals surface area contributed by atoms with Crippen molar-refractivity contribution in [2.45, 2.75) is 12.7 Å². The van der Waals surface area contributed by atoms with Crippen molar-refractivity contribution >= 4 is 31.9 Å². The maximum Gasteiger partial charge on any atom is 0.416 e. The number of alkyl halides is 3. The van der Waals surface area contributed by atoms with Crippen molar-refractivity contribution < 1.29 is 17.9 Å². The fourth-order valence-electron chi connectivity index (χ4n) is 1.69. The number of benzene rings is 2. The van der Waals surface area contributed by atoms with Crippen LogP contribution in [0, 0.1) is 0 Å². The molecule has 0 saturated heterocycles. The summed E-state index contributed by atoms with van der Waals surface area (Å²) in [5.41, 5.74) is 5.64. The highest BCUT2D eigenvalue weighted by Crippen LogP contribution is 2.37. The van der Waals surface area contributed by atoms with Gasteiger partial charge in [0.2, 0.25) is 0 Å². The summed E-state index contributed by atoms with van der Waals surface area (Å²) in [4.78, 5) is 0. The van der Waals surface area contributed by atoms with Crippen LogP contribution in [0.1, 0.15) is 11.1 Å². The molecule has 0 amide bonds. The molecule has 2 aromatic rings. The normalized spacial score (nSPS) is 11.5. The molecule has 7 heteroatoms. The molecule has 0 aliphatic rings. The van der Waals surface area contributed by atoms with Crippen LogP contribution in [-0.2, 0) is 12.7 Å². The first-order valence-electron chi connectivity index (χ1n) is 5.84. The standard InChI is InChI=1S/C14H10Br2F3NO/c15-10-2-4-12(8(5-10)7-20)21-13-3-1-9(6-11(13)16)14(17,18)19/h1-6H,7,20H2. The van der Waals surface area contributed by atoms with Gasteiger partial charge in [0, 0.05) is 16.6 Å². The average Bonchev–Trinajstić information content (AvgIpc) is 2.41. The fraction of sp³-hybridized carbons (Fsp3) is 0.143. The Morgan fingerprint density at radius 2 is 1.67 bits per heavy atom. The number of hydrogen-bond donors (Lipinski definition) is 1. The highest BCUT2D eigenvalue weighted by molar-refractivity contribution is 9.10. The molecule has 0 aromatic heterocycles. The molecule has 2 rings (SSSR count). The Hall–Kier alpha value is -1.05. The summed E-state index contributed by atoms with van der Waals surface area (Å²) in [6.45, 7) is 0.257. The molecule has 2 N–H and O–H groups in total. The van der Waals surface area contributed by atoms with E-state index in [2.05, 4.69) is 31.9 Å². The lowest BCUT2D eigenvalue weighted by molar-refractivity contribution is -0.137. The van der Waals surface area contributed by atoms with Crippen LogP contribution in [0.3, 0.4) is 0 Å². The summed E-state index contributed by atoms with van der Waals surface area (Å²) < 4.78 is 44.5. The Balaban J connectivity index is 2.32. The highest BCUT2D eigenvalue weighted by Gasteiger charge is 2.31. The van der Waals surface area contributed by atoms with Crippen LogP contribution in [0.5, 0.6) is 11.5 Å². The first-order valence-corrected chi connectivity index (χ1v) is 7.43. The van der Waals surface area contributed by atoms with Gasteiger partial charge in [-0.1, -0.05) is 15.9 Å². The van der Waals surface area contributed by atoms with E-state index in [9.17, 15) is 13.2 Å². The summed E-state index contributed by atoms with van der Waals surface area (Å²) in [7, 11) is 0. The Morgan fingerprint density at radius 3 is 2.24 bits per heavy atom. The molecule has 0 atom stereocenters. The van der Waals surface area contributed by atoms with Crippen LogP contribution in [0.2, 0.25) is 0 Å². The molecule has 0 aliphatic carbocycles. The van der Waals surface area contributed by atoms with E-state index in [0.717, 1.165) is 22.2 Å². The third kappa shape index (κ3) is 3.99. The second-order valence-corrected chi connectivity index (χ2v) is 5.97. The van der Waals surface area contributed by atoms with Crippen LogP contribution in [-0.4, -0.2) is 0 Å². The third-order valence-corrected chi connectivity index (χ3v) is 3.83. The molecule has 2 nitrogen and oxygen atoms in total. The number of halogens is 5. The van der Waals surface area contributed by atoms with Crippen LogP contribution >= 0.6 is 31.9 Å². The van der Waals surface area contributed by atoms with Crippen molar-refractivity contribution in [1.29, 1.82) is 0 Å². The summed E-state index contributed by atoms with van der Waals surface area (Å²) in [5.74, 6) is 0.793. The Morgan fingerprint density at radius 1 is 1.00 bits per heavy atom. The van der Waals surface area contributed by atoms with E-state index < -0.39 is 11.7 Å². The summed E-state index contributed by atoms with van der Waals surface area (Å²) >= 11 is 6.42. The molecular formula is C14H10Br2F3NO. The van der Waals surface area contributed by atoms with Crippen molar-refractivity contribution in [3.63, 3.8) is 0 Å². The van der Waals surface area contributed by atoms with Gasteiger partial charge in [-0.15, -0.1) is 0 Å². The quantitative estimate of drug-likeness (QED) is 0.707. The minimum Gasteiger partial charge on any atom is -0.456 e. The largest absolute Gasteiger partial charge is 0.456 e. The SMILES string of the molecule is NCc1cc(Br)ccc1Oc1ccc(C(F)(F)F)cc1Br. The zero-order chi connectivity index (χ0) is 15.6. The summed E-state index contributed by atoms with van der Waals surface area (Å²) in [6.07, 6.45) is -4.39. The average molecular weight is 425 g/mol. The Kier molecular flexibility index (Phi) is 4.95. The number of ether oxygens (including phenoxy) is 1. The molecular weight excluding hydrogens is 415 g/mol. The van der Waals surface area contributed by atoms with Crippen LogP contribution < -0.4 is 10.5 Å². The number of rotatable bonds is 3. The van der Waals surface area contributed by atoms with Gasteiger partial charge in [0.1, 0.15) is 11.5 Å². The second-order valence-electron chi connectivity index (χ2n) is 4.20. The van der Waals surface area contributed by atoms with Crippen molar-refractivity contribution in [2.24, 2.45) is 5.73 Å². The van der Waals surface area contributed by atoms with E-state index in [1.54, 1.807) is 18.2 Å². The van der Waals surface area contributed by atoms with Crippen molar-refractivity contribution in [3.8, 4) is 11.5 Å². The van der Waals surface area contributed by atoms with Gasteiger partial charge in [-0.05, 0) is 52.3 Å². The summed E-state index contributed by atoms with van der Waals surface area (Å²) in [6, 6.07) is 8.50. The van der Waals surface area contributed by atoms with E-state index in [0.29, 0.717) is 11.5 Å². The van der Waals surface area contributed by atoms with Gasteiger partial charge in [0.25, 0.3) is 0 Å². The molecule has 0 spiro atoms. The number of hydrogen-bond acceptors (Lipinski definition) is 2. The molecule has 0 heterocycles. The zero-order valence-electron chi connectivity index (χ0n) is 10.5. The smallest absolute Gasteiger partial charge is 0.416 e. The van der Waals surface area contributed by atoms with Gasteiger partial charge in [0.05, 0.1) is 10.0 Å². The zero-order valence-corrected chi connectivity index (χ0v) is 13.7. The topological polar surface area (TPSA) is 35.2 Å². The van der Waals surface area contributed by atoms with E-state index in [1.165, 1.54) is 6.07 Å². The minimum atomic E-state index is -4.39. The minimum absolute atomic E-state index is 0.225. The molecule has 0 aliphatic heterocycles. The predicted octanol–water partition coefficient (Wildman–Crippen LogP) is 5.48. The molecule has 0 fully saturated rings. The van der Waals surface area contributed by atoms with E-state index in [1.807, 2.05) is 0 Å². The molecule has 0 bridgehead atoms. The maximum absolute atomic E-state index is 12.6. The van der Waals surface area contributed by atoms with Crippen molar-refractivity contribution in [2.75, 3.05) is 0 Å². The monoisotopic (exact) mass is 423 g/mol. The van der Waals surface area contributed by atoms with Crippen LogP contribution in [0.4, 0.5) is 13.2 Å². The molecule has 0 unspecified atom stereocenters. The lowest BCUT2D eigenvalue weighted by Crippen LogP contribution is -2.05. The first kappa shape index (κ1) is 16.3. The van der Waals surface area contributed by atoms with Crippen LogP contribution in [0.15, 0.2) is 45.3 Å². The highest BCUT2D eigenvalue weighted by atomic mass is 79.9. The van der Waals surface area contributed by atoms with Crippen LogP contribution in [0.25, 0.3) is 0 Å². The molecule has 21 heavy (non-hydrogen) atoms. The van der Waals surface area contributed by atoms with Gasteiger partial charge >= 0.3 is 6.18 Å². The van der Waals surface area contributed by atoms with Crippen molar-refractivity contribution in [3.05, 3.63) is 56.5 Å². The maximum atomic E-state index is 12.6. The number of nitrogens with two attached hydrogens (primary N) is 1. The lowest BCUT2D eigenvalue weighted by Gasteiger charge is -2.13. The molecule has 112 valence electrons. The van der Waals surface area contributed by atoms with Crippen molar-refractivity contribution in [1.82, 2.24) is 0 Å². The summed E-state index contributed by atoms with van der Waals surface area (Å²) in [5, 5.41) is 0. The third-order valence-electron chi connectivity index (χ3n) is 2.72. The predicted molar refractivity (Wildman–Crippen MR) is 81.3 cm³/mol. The van der Waals surface area contributed by atoms with Gasteiger partial charge in [0.15, 0.2) is 0 Å². The molecule has 0 saturated carbocycles. The Labute approximate surface area is 136 Å². The van der Waals surface area contributed by atoms with Gasteiger partial charge in [-0.3, -0.25) is 0 Å². The molecule has 0 radical (unpaired) electrons. The van der Waals surface area contributed by atoms with E-state index in [4.69, 9.17) is 10.5 Å². The molecule has 2 aromatic carbocycles. The van der Waals surface area contributed by atoms with E-state index in [-0.39, 0.29) is 11.0 Å². The van der Waals surface area contributed by atoms with Gasteiger partial charge in [-0.25, -0.2) is 0 Å². The Bertz CT molecular complexity index is 659. The van der Waals surface area contributed by atoms with Gasteiger partial charge < -0.3 is 10.5 Å². The second kappa shape index (κ2) is 6.37. The lowest BCUT2D eigenvalue weighted by atomic mass is 10.2. The van der Waals surface area contributed by atoms with E-state index >= 15 is 0 Å². The first-order chi connectivity index (χ1) is 9.81.